The Morgan fingerprint density at radius 3 is 2.56 bits per heavy atom. The highest BCUT2D eigenvalue weighted by Gasteiger charge is 2.13. The minimum atomic E-state index is -3.07. The van der Waals surface area contributed by atoms with E-state index in [1.165, 1.54) is 0 Å². The van der Waals surface area contributed by atoms with Crippen LogP contribution in [0.5, 0.6) is 5.75 Å². The van der Waals surface area contributed by atoms with Crippen molar-refractivity contribution >= 4 is 15.5 Å². The van der Waals surface area contributed by atoms with Gasteiger partial charge in [0.1, 0.15) is 5.75 Å². The summed E-state index contributed by atoms with van der Waals surface area (Å²) in [6.45, 7) is 3.99. The van der Waals surface area contributed by atoms with E-state index in [1.807, 2.05) is 6.92 Å². The second kappa shape index (κ2) is 5.21. The van der Waals surface area contributed by atoms with E-state index < -0.39 is 9.84 Å². The fourth-order valence-corrected chi connectivity index (χ4v) is 2.25. The van der Waals surface area contributed by atoms with Gasteiger partial charge in [0, 0.05) is 17.0 Å². The molecule has 90 valence electrons. The monoisotopic (exact) mass is 243 g/mol. The molecule has 0 saturated carbocycles. The Morgan fingerprint density at radius 2 is 2.00 bits per heavy atom. The van der Waals surface area contributed by atoms with Crippen molar-refractivity contribution in [2.24, 2.45) is 0 Å². The first-order valence-electron chi connectivity index (χ1n) is 5.20. The maximum atomic E-state index is 11.5. The zero-order valence-electron chi connectivity index (χ0n) is 9.56. The van der Waals surface area contributed by atoms with E-state index in [0.29, 0.717) is 23.6 Å². The molecule has 16 heavy (non-hydrogen) atoms. The van der Waals surface area contributed by atoms with Crippen LogP contribution in [-0.2, 0) is 15.6 Å². The summed E-state index contributed by atoms with van der Waals surface area (Å²) < 4.78 is 28.4. The number of rotatable bonds is 5. The summed E-state index contributed by atoms with van der Waals surface area (Å²) in [5.41, 5.74) is 6.81. The van der Waals surface area contributed by atoms with E-state index >= 15 is 0 Å². The molecular formula is C11H17NO3S. The van der Waals surface area contributed by atoms with Crippen molar-refractivity contribution in [1.82, 2.24) is 0 Å². The fourth-order valence-electron chi connectivity index (χ4n) is 1.35. The lowest BCUT2D eigenvalue weighted by atomic mass is 10.2. The molecule has 1 rings (SSSR count). The van der Waals surface area contributed by atoms with Crippen LogP contribution in [0.2, 0.25) is 0 Å². The van der Waals surface area contributed by atoms with Crippen LogP contribution in [0, 0.1) is 0 Å². The topological polar surface area (TPSA) is 69.4 Å². The number of anilines is 1. The maximum Gasteiger partial charge on any atom is 0.154 e. The molecular weight excluding hydrogens is 226 g/mol. The SMILES string of the molecule is CCOc1ccc(N)cc1CS(=O)(=O)CC. The zero-order valence-corrected chi connectivity index (χ0v) is 10.4. The largest absolute Gasteiger partial charge is 0.494 e. The van der Waals surface area contributed by atoms with Crippen LogP contribution in [0.15, 0.2) is 18.2 Å². The smallest absolute Gasteiger partial charge is 0.154 e. The van der Waals surface area contributed by atoms with Crippen molar-refractivity contribution in [2.45, 2.75) is 19.6 Å². The van der Waals surface area contributed by atoms with Crippen LogP contribution in [0.1, 0.15) is 19.4 Å². The molecule has 1 aromatic rings. The molecule has 0 aliphatic rings. The average Bonchev–Trinajstić information content (AvgIpc) is 2.22. The van der Waals surface area contributed by atoms with Crippen LogP contribution in [0.25, 0.3) is 0 Å². The van der Waals surface area contributed by atoms with Crippen LogP contribution in [0.3, 0.4) is 0 Å². The van der Waals surface area contributed by atoms with Gasteiger partial charge in [0.2, 0.25) is 0 Å². The van der Waals surface area contributed by atoms with E-state index in [4.69, 9.17) is 10.5 Å². The Kier molecular flexibility index (Phi) is 4.18. The van der Waals surface area contributed by atoms with Gasteiger partial charge in [0.15, 0.2) is 9.84 Å². The van der Waals surface area contributed by atoms with Gasteiger partial charge in [-0.2, -0.15) is 0 Å². The molecule has 0 amide bonds. The van der Waals surface area contributed by atoms with E-state index in [0.717, 1.165) is 0 Å². The second-order valence-corrected chi connectivity index (χ2v) is 5.83. The average molecular weight is 243 g/mol. The lowest BCUT2D eigenvalue weighted by Gasteiger charge is -2.10. The van der Waals surface area contributed by atoms with Crippen molar-refractivity contribution < 1.29 is 13.2 Å². The van der Waals surface area contributed by atoms with E-state index in [-0.39, 0.29) is 11.5 Å². The standard InChI is InChI=1S/C11H17NO3S/c1-3-15-11-6-5-10(12)7-9(11)8-16(13,14)4-2/h5-7H,3-4,8,12H2,1-2H3. The van der Waals surface area contributed by atoms with Gasteiger partial charge in [0.25, 0.3) is 0 Å². The van der Waals surface area contributed by atoms with Gasteiger partial charge in [-0.05, 0) is 25.1 Å². The first-order valence-corrected chi connectivity index (χ1v) is 7.02. The number of hydrogen-bond donors (Lipinski definition) is 1. The molecule has 2 N–H and O–H groups in total. The van der Waals surface area contributed by atoms with Gasteiger partial charge in [-0.15, -0.1) is 0 Å². The normalized spacial score (nSPS) is 11.4. The second-order valence-electron chi connectivity index (χ2n) is 3.48. The Morgan fingerprint density at radius 1 is 1.31 bits per heavy atom. The molecule has 0 fully saturated rings. The van der Waals surface area contributed by atoms with Gasteiger partial charge >= 0.3 is 0 Å². The van der Waals surface area contributed by atoms with Crippen molar-refractivity contribution in [2.75, 3.05) is 18.1 Å². The summed E-state index contributed by atoms with van der Waals surface area (Å²) in [6.07, 6.45) is 0. The number of nitrogen functional groups attached to an aromatic ring is 1. The Balaban J connectivity index is 3.05. The molecule has 0 atom stereocenters. The lowest BCUT2D eigenvalue weighted by molar-refractivity contribution is 0.337. The molecule has 1 aromatic carbocycles. The highest BCUT2D eigenvalue weighted by Crippen LogP contribution is 2.23. The van der Waals surface area contributed by atoms with Crippen molar-refractivity contribution in [3.05, 3.63) is 23.8 Å². The van der Waals surface area contributed by atoms with Crippen molar-refractivity contribution in [3.8, 4) is 5.75 Å². The highest BCUT2D eigenvalue weighted by atomic mass is 32.2. The Hall–Kier alpha value is -1.23. The van der Waals surface area contributed by atoms with Crippen LogP contribution in [0.4, 0.5) is 5.69 Å². The maximum absolute atomic E-state index is 11.5. The number of hydrogen-bond acceptors (Lipinski definition) is 4. The lowest BCUT2D eigenvalue weighted by Crippen LogP contribution is -2.08. The number of sulfone groups is 1. The molecule has 0 aliphatic carbocycles. The minimum Gasteiger partial charge on any atom is -0.494 e. The van der Waals surface area contributed by atoms with Crippen LogP contribution < -0.4 is 10.5 Å². The van der Waals surface area contributed by atoms with E-state index in [1.54, 1.807) is 25.1 Å². The van der Waals surface area contributed by atoms with E-state index in [9.17, 15) is 8.42 Å². The Labute approximate surface area is 96.3 Å². The van der Waals surface area contributed by atoms with Gasteiger partial charge in [-0.1, -0.05) is 6.92 Å². The predicted octanol–water partition coefficient (Wildman–Crippen LogP) is 1.60. The first kappa shape index (κ1) is 12.8. The summed E-state index contributed by atoms with van der Waals surface area (Å²) in [6, 6.07) is 5.06. The molecule has 0 radical (unpaired) electrons. The summed E-state index contributed by atoms with van der Waals surface area (Å²) in [5, 5.41) is 0. The molecule has 5 heteroatoms. The number of benzene rings is 1. The van der Waals surface area contributed by atoms with E-state index in [2.05, 4.69) is 0 Å². The zero-order chi connectivity index (χ0) is 12.2. The fraction of sp³-hybridized carbons (Fsp3) is 0.455. The van der Waals surface area contributed by atoms with Crippen molar-refractivity contribution in [3.63, 3.8) is 0 Å². The third-order valence-corrected chi connectivity index (χ3v) is 3.83. The molecule has 4 nitrogen and oxygen atoms in total. The van der Waals surface area contributed by atoms with Gasteiger partial charge in [-0.25, -0.2) is 8.42 Å². The predicted molar refractivity (Wildman–Crippen MR) is 65.2 cm³/mol. The molecule has 0 heterocycles. The minimum absolute atomic E-state index is 0.0239. The number of nitrogens with two attached hydrogens (primary N) is 1. The third-order valence-electron chi connectivity index (χ3n) is 2.20. The summed E-state index contributed by atoms with van der Waals surface area (Å²) in [4.78, 5) is 0. The van der Waals surface area contributed by atoms with Gasteiger partial charge < -0.3 is 10.5 Å². The van der Waals surface area contributed by atoms with Crippen molar-refractivity contribution in [1.29, 1.82) is 0 Å². The number of ether oxygens (including phenoxy) is 1. The van der Waals surface area contributed by atoms with Crippen LogP contribution >= 0.6 is 0 Å². The first-order chi connectivity index (χ1) is 7.48. The van der Waals surface area contributed by atoms with Crippen LogP contribution in [-0.4, -0.2) is 20.8 Å². The molecule has 0 aliphatic heterocycles. The summed E-state index contributed by atoms with van der Waals surface area (Å²) in [5.74, 6) is 0.686. The third kappa shape index (κ3) is 3.41. The van der Waals surface area contributed by atoms with Gasteiger partial charge in [0.05, 0.1) is 12.4 Å². The summed E-state index contributed by atoms with van der Waals surface area (Å²) in [7, 11) is -3.07. The molecule has 0 aromatic heterocycles. The molecule has 0 saturated heterocycles. The molecule has 0 spiro atoms. The van der Waals surface area contributed by atoms with Gasteiger partial charge in [-0.3, -0.25) is 0 Å². The quantitative estimate of drug-likeness (QED) is 0.797. The highest BCUT2D eigenvalue weighted by molar-refractivity contribution is 7.90. The molecule has 0 unspecified atom stereocenters. The Bertz CT molecular complexity index is 454. The molecule has 0 bridgehead atoms. The summed E-state index contributed by atoms with van der Waals surface area (Å²) >= 11 is 0.